The van der Waals surface area contributed by atoms with Gasteiger partial charge in [0.25, 0.3) is 5.91 Å². The number of hydrogen-bond acceptors (Lipinski definition) is 4. The summed E-state index contributed by atoms with van der Waals surface area (Å²) < 4.78 is 25.1. The van der Waals surface area contributed by atoms with Crippen LogP contribution in [0.3, 0.4) is 0 Å². The number of nitrogens with one attached hydrogen (secondary N) is 1. The molecular formula is C21H24BrFN2O3. The predicted octanol–water partition coefficient (Wildman–Crippen LogP) is 3.93. The molecule has 3 rings (SSSR count). The van der Waals surface area contributed by atoms with Crippen molar-refractivity contribution < 1.29 is 18.7 Å². The van der Waals surface area contributed by atoms with Crippen molar-refractivity contribution in [3.05, 3.63) is 58.3 Å². The molecular weight excluding hydrogens is 427 g/mol. The van der Waals surface area contributed by atoms with Crippen LogP contribution in [0.2, 0.25) is 0 Å². The fourth-order valence-electron chi connectivity index (χ4n) is 3.36. The summed E-state index contributed by atoms with van der Waals surface area (Å²) in [4.78, 5) is 14.6. The van der Waals surface area contributed by atoms with Crippen molar-refractivity contribution in [2.24, 2.45) is 0 Å². The molecule has 7 heteroatoms. The van der Waals surface area contributed by atoms with Crippen LogP contribution in [-0.2, 0) is 4.79 Å². The van der Waals surface area contributed by atoms with Gasteiger partial charge in [0, 0.05) is 11.0 Å². The Bertz CT molecular complexity index is 812. The molecule has 0 bridgehead atoms. The van der Waals surface area contributed by atoms with Crippen LogP contribution in [0.25, 0.3) is 0 Å². The van der Waals surface area contributed by atoms with Crippen molar-refractivity contribution in [1.29, 1.82) is 0 Å². The maximum Gasteiger partial charge on any atom is 0.258 e. The molecule has 2 aromatic carbocycles. The summed E-state index contributed by atoms with van der Waals surface area (Å²) in [5.41, 5.74) is 1.10. The molecule has 1 aliphatic heterocycles. The van der Waals surface area contributed by atoms with Crippen LogP contribution in [0, 0.1) is 5.82 Å². The van der Waals surface area contributed by atoms with Crippen molar-refractivity contribution in [3.8, 4) is 11.5 Å². The van der Waals surface area contributed by atoms with E-state index in [1.165, 1.54) is 12.1 Å². The molecule has 1 fully saturated rings. The molecule has 1 heterocycles. The lowest BCUT2D eigenvalue weighted by Crippen LogP contribution is -2.38. The Hall–Kier alpha value is -2.12. The van der Waals surface area contributed by atoms with Crippen LogP contribution in [-0.4, -0.2) is 44.2 Å². The molecule has 5 nitrogen and oxygen atoms in total. The third kappa shape index (κ3) is 5.45. The van der Waals surface area contributed by atoms with Gasteiger partial charge in [-0.1, -0.05) is 28.1 Å². The highest BCUT2D eigenvalue weighted by molar-refractivity contribution is 9.10. The van der Waals surface area contributed by atoms with E-state index in [0.29, 0.717) is 11.0 Å². The predicted molar refractivity (Wildman–Crippen MR) is 109 cm³/mol. The minimum absolute atomic E-state index is 0.0576. The van der Waals surface area contributed by atoms with E-state index in [1.807, 2.05) is 24.3 Å². The van der Waals surface area contributed by atoms with Gasteiger partial charge in [0.15, 0.2) is 18.2 Å². The van der Waals surface area contributed by atoms with Gasteiger partial charge in [0.2, 0.25) is 0 Å². The van der Waals surface area contributed by atoms with Gasteiger partial charge in [-0.05, 0) is 61.8 Å². The van der Waals surface area contributed by atoms with E-state index in [2.05, 4.69) is 26.1 Å². The quantitative estimate of drug-likeness (QED) is 0.661. The number of hydrogen-bond donors (Lipinski definition) is 1. The number of ether oxygens (including phenoxy) is 2. The molecule has 0 radical (unpaired) electrons. The van der Waals surface area contributed by atoms with E-state index in [1.54, 1.807) is 13.2 Å². The normalized spacial score (nSPS) is 15.2. The van der Waals surface area contributed by atoms with E-state index >= 15 is 0 Å². The topological polar surface area (TPSA) is 50.8 Å². The second-order valence-corrected chi connectivity index (χ2v) is 7.62. The molecule has 1 aliphatic rings. The third-order valence-electron chi connectivity index (χ3n) is 4.81. The SMILES string of the molecule is COc1cccc(C(CNC(=O)COc2ccc(Br)cc2F)N2CCCC2)c1. The minimum atomic E-state index is -0.506. The van der Waals surface area contributed by atoms with Crippen LogP contribution in [0.5, 0.6) is 11.5 Å². The summed E-state index contributed by atoms with van der Waals surface area (Å²) in [6, 6.07) is 12.4. The molecule has 28 heavy (non-hydrogen) atoms. The smallest absolute Gasteiger partial charge is 0.258 e. The number of carbonyl (C=O) groups is 1. The first-order valence-corrected chi connectivity index (χ1v) is 10.1. The Kier molecular flexibility index (Phi) is 7.28. The second-order valence-electron chi connectivity index (χ2n) is 6.70. The van der Waals surface area contributed by atoms with Crippen LogP contribution in [0.4, 0.5) is 4.39 Å². The molecule has 1 amide bonds. The van der Waals surface area contributed by atoms with Gasteiger partial charge in [0.05, 0.1) is 13.2 Å². The van der Waals surface area contributed by atoms with Crippen molar-refractivity contribution >= 4 is 21.8 Å². The highest BCUT2D eigenvalue weighted by Crippen LogP contribution is 2.27. The van der Waals surface area contributed by atoms with Gasteiger partial charge in [-0.25, -0.2) is 4.39 Å². The molecule has 0 saturated carbocycles. The first kappa shape index (κ1) is 20.6. The number of rotatable bonds is 8. The van der Waals surface area contributed by atoms with Crippen molar-refractivity contribution in [2.75, 3.05) is 33.4 Å². The molecule has 150 valence electrons. The number of amides is 1. The number of carbonyl (C=O) groups excluding carboxylic acids is 1. The van der Waals surface area contributed by atoms with Crippen LogP contribution >= 0.6 is 15.9 Å². The highest BCUT2D eigenvalue weighted by atomic mass is 79.9. The lowest BCUT2D eigenvalue weighted by molar-refractivity contribution is -0.123. The summed E-state index contributed by atoms with van der Waals surface area (Å²) in [5.74, 6) is 0.0622. The van der Waals surface area contributed by atoms with Crippen molar-refractivity contribution in [3.63, 3.8) is 0 Å². The Morgan fingerprint density at radius 1 is 1.25 bits per heavy atom. The monoisotopic (exact) mass is 450 g/mol. The lowest BCUT2D eigenvalue weighted by atomic mass is 10.0. The van der Waals surface area contributed by atoms with Gasteiger partial charge in [0.1, 0.15) is 5.75 Å². The fraction of sp³-hybridized carbons (Fsp3) is 0.381. The second kappa shape index (κ2) is 9.89. The summed E-state index contributed by atoms with van der Waals surface area (Å²) in [6.45, 7) is 2.22. The van der Waals surface area contributed by atoms with Crippen LogP contribution in [0.1, 0.15) is 24.4 Å². The first-order valence-electron chi connectivity index (χ1n) is 9.29. The van der Waals surface area contributed by atoms with E-state index in [4.69, 9.17) is 9.47 Å². The molecule has 0 aromatic heterocycles. The maximum absolute atomic E-state index is 13.8. The zero-order valence-electron chi connectivity index (χ0n) is 15.8. The van der Waals surface area contributed by atoms with Crippen molar-refractivity contribution in [2.45, 2.75) is 18.9 Å². The molecule has 1 atom stereocenters. The van der Waals surface area contributed by atoms with E-state index in [9.17, 15) is 9.18 Å². The highest BCUT2D eigenvalue weighted by Gasteiger charge is 2.24. The van der Waals surface area contributed by atoms with Gasteiger partial charge < -0.3 is 14.8 Å². The Balaban J connectivity index is 1.60. The lowest BCUT2D eigenvalue weighted by Gasteiger charge is -2.28. The standard InChI is InChI=1S/C21H24BrFN2O3/c1-27-17-6-4-5-15(11-17)19(25-9-2-3-10-25)13-24-21(26)14-28-20-8-7-16(22)12-18(20)23/h4-8,11-12,19H,2-3,9-10,13-14H2,1H3,(H,24,26). The summed E-state index contributed by atoms with van der Waals surface area (Å²) in [5, 5.41) is 2.92. The van der Waals surface area contributed by atoms with Crippen LogP contribution < -0.4 is 14.8 Å². The van der Waals surface area contributed by atoms with Gasteiger partial charge in [-0.2, -0.15) is 0 Å². The Morgan fingerprint density at radius 3 is 2.75 bits per heavy atom. The number of likely N-dealkylation sites (tertiary alicyclic amines) is 1. The minimum Gasteiger partial charge on any atom is -0.497 e. The first-order chi connectivity index (χ1) is 13.6. The largest absolute Gasteiger partial charge is 0.497 e. The fourth-order valence-corrected chi connectivity index (χ4v) is 3.69. The van der Waals surface area contributed by atoms with Gasteiger partial charge >= 0.3 is 0 Å². The number of methoxy groups -OCH3 is 1. The maximum atomic E-state index is 13.8. The Morgan fingerprint density at radius 2 is 2.04 bits per heavy atom. The summed E-state index contributed by atoms with van der Waals surface area (Å²) in [7, 11) is 1.64. The average Bonchev–Trinajstić information content (AvgIpc) is 3.22. The summed E-state index contributed by atoms with van der Waals surface area (Å²) in [6.07, 6.45) is 2.31. The third-order valence-corrected chi connectivity index (χ3v) is 5.30. The zero-order chi connectivity index (χ0) is 19.9. The van der Waals surface area contributed by atoms with E-state index < -0.39 is 5.82 Å². The zero-order valence-corrected chi connectivity index (χ0v) is 17.4. The average molecular weight is 451 g/mol. The van der Waals surface area contributed by atoms with E-state index in [0.717, 1.165) is 37.2 Å². The number of nitrogens with zero attached hydrogens (tertiary/aromatic N) is 1. The number of halogens is 2. The molecule has 0 aliphatic carbocycles. The molecule has 1 saturated heterocycles. The van der Waals surface area contributed by atoms with Gasteiger partial charge in [-0.3, -0.25) is 9.69 Å². The molecule has 2 aromatic rings. The molecule has 1 unspecified atom stereocenters. The Labute approximate surface area is 172 Å². The molecule has 1 N–H and O–H groups in total. The van der Waals surface area contributed by atoms with Crippen LogP contribution in [0.15, 0.2) is 46.9 Å². The van der Waals surface area contributed by atoms with E-state index in [-0.39, 0.29) is 24.3 Å². The number of benzene rings is 2. The van der Waals surface area contributed by atoms with Gasteiger partial charge in [-0.15, -0.1) is 0 Å². The van der Waals surface area contributed by atoms with Crippen molar-refractivity contribution in [1.82, 2.24) is 10.2 Å². The molecule has 0 spiro atoms. The summed E-state index contributed by atoms with van der Waals surface area (Å²) >= 11 is 3.19.